The van der Waals surface area contributed by atoms with Crippen molar-refractivity contribution in [2.45, 2.75) is 38.1 Å². The number of nitrogens with zero attached hydrogens (tertiary/aromatic N) is 4. The highest BCUT2D eigenvalue weighted by molar-refractivity contribution is 6.08. The first kappa shape index (κ1) is 15.3. The molecule has 2 aliphatic rings. The Balaban J connectivity index is 1.57. The number of carbonyl (C=O) groups excluding carboxylic acids is 1. The minimum atomic E-state index is -0.493. The minimum Gasteiger partial charge on any atom is -0.334 e. The van der Waals surface area contributed by atoms with Crippen LogP contribution in [0.15, 0.2) is 47.2 Å². The van der Waals surface area contributed by atoms with Crippen molar-refractivity contribution < 1.29 is 9.32 Å². The number of rotatable bonds is 3. The smallest absolute Gasteiger partial charge is 0.258 e. The monoisotopic (exact) mass is 346 g/mol. The summed E-state index contributed by atoms with van der Waals surface area (Å²) >= 11 is 0. The molecule has 3 heterocycles. The van der Waals surface area contributed by atoms with E-state index in [1.54, 1.807) is 12.4 Å². The van der Waals surface area contributed by atoms with Gasteiger partial charge in [-0.2, -0.15) is 4.98 Å². The van der Waals surface area contributed by atoms with Gasteiger partial charge in [-0.05, 0) is 56.5 Å². The van der Waals surface area contributed by atoms with Gasteiger partial charge in [0.2, 0.25) is 11.7 Å². The van der Waals surface area contributed by atoms with Gasteiger partial charge in [0.25, 0.3) is 5.89 Å². The predicted molar refractivity (Wildman–Crippen MR) is 96.5 cm³/mol. The fourth-order valence-electron chi connectivity index (χ4n) is 3.57. The predicted octanol–water partition coefficient (Wildman–Crippen LogP) is 3.59. The lowest BCUT2D eigenvalue weighted by atomic mass is 9.86. The normalized spacial score (nSPS) is 18.2. The third-order valence-electron chi connectivity index (χ3n) is 5.21. The summed E-state index contributed by atoms with van der Waals surface area (Å²) in [7, 11) is 0. The van der Waals surface area contributed by atoms with Crippen LogP contribution in [0.5, 0.6) is 0 Å². The summed E-state index contributed by atoms with van der Waals surface area (Å²) in [6, 6.07) is 9.98. The summed E-state index contributed by atoms with van der Waals surface area (Å²) in [5.41, 5.74) is 3.23. The summed E-state index contributed by atoms with van der Waals surface area (Å²) in [4.78, 5) is 23.3. The van der Waals surface area contributed by atoms with Crippen LogP contribution in [0.4, 0.5) is 5.69 Å². The van der Waals surface area contributed by atoms with Crippen LogP contribution in [0.1, 0.15) is 32.3 Å². The van der Waals surface area contributed by atoms with Crippen LogP contribution in [-0.4, -0.2) is 27.1 Å². The first-order valence-corrected chi connectivity index (χ1v) is 8.78. The van der Waals surface area contributed by atoms with E-state index in [2.05, 4.69) is 15.1 Å². The molecule has 6 heteroatoms. The number of pyridine rings is 1. The van der Waals surface area contributed by atoms with E-state index in [0.717, 1.165) is 35.2 Å². The molecule has 0 unspecified atom stereocenters. The summed E-state index contributed by atoms with van der Waals surface area (Å²) < 4.78 is 5.47. The Labute approximate surface area is 150 Å². The third kappa shape index (κ3) is 2.18. The molecule has 0 saturated heterocycles. The zero-order valence-corrected chi connectivity index (χ0v) is 14.6. The number of aromatic nitrogens is 3. The lowest BCUT2D eigenvalue weighted by Crippen LogP contribution is -2.37. The standard InChI is InChI=1S/C20H18N4O2/c1-20(2)15-6-3-13(11-16(15)24(19(20)25)14-4-5-14)18-22-17(23-26-18)12-7-9-21-10-8-12/h3,6-11,14H,4-5H2,1-2H3. The first-order chi connectivity index (χ1) is 12.6. The van der Waals surface area contributed by atoms with E-state index in [9.17, 15) is 4.79 Å². The minimum absolute atomic E-state index is 0.176. The molecule has 6 nitrogen and oxygen atoms in total. The van der Waals surface area contributed by atoms with E-state index in [1.807, 2.05) is 49.1 Å². The largest absolute Gasteiger partial charge is 0.334 e. The summed E-state index contributed by atoms with van der Waals surface area (Å²) in [5.74, 6) is 1.15. The van der Waals surface area contributed by atoms with Gasteiger partial charge >= 0.3 is 0 Å². The lowest BCUT2D eigenvalue weighted by Gasteiger charge is -2.19. The van der Waals surface area contributed by atoms with Crippen molar-refractivity contribution in [3.8, 4) is 22.8 Å². The van der Waals surface area contributed by atoms with Crippen molar-refractivity contribution in [3.05, 3.63) is 48.3 Å². The van der Waals surface area contributed by atoms with Gasteiger partial charge in [0.1, 0.15) is 0 Å². The van der Waals surface area contributed by atoms with E-state index >= 15 is 0 Å². The van der Waals surface area contributed by atoms with Crippen LogP contribution >= 0.6 is 0 Å². The van der Waals surface area contributed by atoms with Gasteiger partial charge in [-0.25, -0.2) is 0 Å². The van der Waals surface area contributed by atoms with E-state index in [4.69, 9.17) is 4.52 Å². The molecule has 3 aromatic rings. The highest BCUT2D eigenvalue weighted by atomic mass is 16.5. The number of benzene rings is 1. The van der Waals surface area contributed by atoms with E-state index < -0.39 is 5.41 Å². The quantitative estimate of drug-likeness (QED) is 0.725. The van der Waals surface area contributed by atoms with E-state index in [1.165, 1.54) is 0 Å². The number of hydrogen-bond donors (Lipinski definition) is 0. The van der Waals surface area contributed by atoms with Crippen molar-refractivity contribution in [1.82, 2.24) is 15.1 Å². The molecule has 5 rings (SSSR count). The van der Waals surface area contributed by atoms with Gasteiger partial charge in [0.15, 0.2) is 0 Å². The van der Waals surface area contributed by atoms with Crippen LogP contribution in [0.25, 0.3) is 22.8 Å². The second-order valence-corrected chi connectivity index (χ2v) is 7.42. The molecular formula is C20H18N4O2. The van der Waals surface area contributed by atoms with Crippen molar-refractivity contribution >= 4 is 11.6 Å². The second-order valence-electron chi connectivity index (χ2n) is 7.42. The molecule has 0 bridgehead atoms. The van der Waals surface area contributed by atoms with Crippen molar-refractivity contribution in [2.75, 3.05) is 4.90 Å². The maximum atomic E-state index is 12.9. The van der Waals surface area contributed by atoms with Crippen LogP contribution in [0.2, 0.25) is 0 Å². The molecule has 1 amide bonds. The van der Waals surface area contributed by atoms with Gasteiger partial charge in [0.05, 0.1) is 5.41 Å². The number of carbonyl (C=O) groups is 1. The Hall–Kier alpha value is -3.02. The van der Waals surface area contributed by atoms with Crippen molar-refractivity contribution in [2.24, 2.45) is 0 Å². The summed E-state index contributed by atoms with van der Waals surface area (Å²) in [6.45, 7) is 3.98. The second kappa shape index (κ2) is 5.24. The lowest BCUT2D eigenvalue weighted by molar-refractivity contribution is -0.122. The Morgan fingerprint density at radius 1 is 1.12 bits per heavy atom. The maximum Gasteiger partial charge on any atom is 0.258 e. The molecule has 0 radical (unpaired) electrons. The van der Waals surface area contributed by atoms with Gasteiger partial charge in [0, 0.05) is 35.2 Å². The van der Waals surface area contributed by atoms with Gasteiger partial charge in [-0.3, -0.25) is 9.78 Å². The average molecular weight is 346 g/mol. The first-order valence-electron chi connectivity index (χ1n) is 8.78. The number of fused-ring (bicyclic) bond motifs is 1. The van der Waals surface area contributed by atoms with Crippen molar-refractivity contribution in [3.63, 3.8) is 0 Å². The van der Waals surface area contributed by atoms with Crippen LogP contribution in [-0.2, 0) is 10.2 Å². The Kier molecular flexibility index (Phi) is 3.07. The molecule has 1 aliphatic heterocycles. The Bertz CT molecular complexity index is 1010. The fraction of sp³-hybridized carbons (Fsp3) is 0.300. The molecule has 0 spiro atoms. The molecule has 1 aromatic carbocycles. The van der Waals surface area contributed by atoms with Gasteiger partial charge in [-0.1, -0.05) is 11.2 Å². The molecule has 0 atom stereocenters. The molecule has 1 saturated carbocycles. The molecule has 130 valence electrons. The van der Waals surface area contributed by atoms with Crippen LogP contribution < -0.4 is 4.90 Å². The molecule has 2 aromatic heterocycles. The molecule has 0 N–H and O–H groups in total. The number of amides is 1. The highest BCUT2D eigenvalue weighted by Crippen LogP contribution is 2.47. The topological polar surface area (TPSA) is 72.1 Å². The maximum absolute atomic E-state index is 12.9. The fourth-order valence-corrected chi connectivity index (χ4v) is 3.57. The number of anilines is 1. The Morgan fingerprint density at radius 2 is 1.88 bits per heavy atom. The summed E-state index contributed by atoms with van der Waals surface area (Å²) in [6.07, 6.45) is 5.53. The number of hydrogen-bond acceptors (Lipinski definition) is 5. The molecule has 1 fully saturated rings. The SMILES string of the molecule is CC1(C)C(=O)N(C2CC2)c2cc(-c3nc(-c4ccncc4)no3)ccc21. The molecule has 1 aliphatic carbocycles. The van der Waals surface area contributed by atoms with Gasteiger partial charge in [-0.15, -0.1) is 0 Å². The average Bonchev–Trinajstić information content (AvgIpc) is 3.31. The molecular weight excluding hydrogens is 328 g/mol. The van der Waals surface area contributed by atoms with E-state index in [0.29, 0.717) is 17.8 Å². The van der Waals surface area contributed by atoms with E-state index in [-0.39, 0.29) is 5.91 Å². The van der Waals surface area contributed by atoms with Gasteiger partial charge < -0.3 is 9.42 Å². The molecule has 26 heavy (non-hydrogen) atoms. The van der Waals surface area contributed by atoms with Crippen molar-refractivity contribution in [1.29, 1.82) is 0 Å². The van der Waals surface area contributed by atoms with Crippen LogP contribution in [0.3, 0.4) is 0 Å². The zero-order chi connectivity index (χ0) is 17.9. The highest BCUT2D eigenvalue weighted by Gasteiger charge is 2.49. The Morgan fingerprint density at radius 3 is 2.62 bits per heavy atom. The third-order valence-corrected chi connectivity index (χ3v) is 5.21. The zero-order valence-electron chi connectivity index (χ0n) is 14.6. The van der Waals surface area contributed by atoms with Crippen LogP contribution in [0, 0.1) is 0 Å². The summed E-state index contributed by atoms with van der Waals surface area (Å²) in [5, 5.41) is 4.07.